The number of nitrogens with zero attached hydrogens (tertiary/aromatic N) is 3. The number of ether oxygens (including phenoxy) is 1. The molecule has 0 aliphatic carbocycles. The van der Waals surface area contributed by atoms with Crippen LogP contribution in [0.1, 0.15) is 34.9 Å². The van der Waals surface area contributed by atoms with E-state index in [-0.39, 0.29) is 23.5 Å². The van der Waals surface area contributed by atoms with Crippen molar-refractivity contribution in [1.82, 2.24) is 15.2 Å². The molecule has 28 heavy (non-hydrogen) atoms. The molecular formula is C20H20FN5O2. The Morgan fingerprint density at radius 3 is 2.96 bits per heavy atom. The number of amides is 1. The van der Waals surface area contributed by atoms with E-state index in [2.05, 4.69) is 25.4 Å². The maximum atomic E-state index is 13.6. The first kappa shape index (κ1) is 18.0. The van der Waals surface area contributed by atoms with Crippen molar-refractivity contribution < 1.29 is 13.9 Å². The van der Waals surface area contributed by atoms with Gasteiger partial charge in [0, 0.05) is 18.7 Å². The fourth-order valence-corrected chi connectivity index (χ4v) is 3.46. The molecule has 0 bridgehead atoms. The fourth-order valence-electron chi connectivity index (χ4n) is 3.46. The van der Waals surface area contributed by atoms with Crippen molar-refractivity contribution in [3.63, 3.8) is 0 Å². The molecule has 1 amide bonds. The zero-order valence-electron chi connectivity index (χ0n) is 15.4. The SMILES string of the molecule is COc1cccc(C(=O)Nc2cc(N3CCC[C@@H]3c3cccc(F)c3)n[nH]2)n1. The van der Waals surface area contributed by atoms with E-state index in [4.69, 9.17) is 4.74 Å². The van der Waals surface area contributed by atoms with E-state index in [0.29, 0.717) is 17.5 Å². The fraction of sp³-hybridized carbons (Fsp3) is 0.250. The monoisotopic (exact) mass is 381 g/mol. The Balaban J connectivity index is 1.50. The summed E-state index contributed by atoms with van der Waals surface area (Å²) < 4.78 is 18.7. The number of hydrogen-bond acceptors (Lipinski definition) is 5. The lowest BCUT2D eigenvalue weighted by Crippen LogP contribution is -2.22. The number of aromatic nitrogens is 3. The second-order valence-corrected chi connectivity index (χ2v) is 6.57. The number of hydrogen-bond donors (Lipinski definition) is 2. The molecule has 3 heterocycles. The third kappa shape index (κ3) is 3.66. The molecule has 0 radical (unpaired) electrons. The van der Waals surface area contributed by atoms with Crippen LogP contribution in [0, 0.1) is 5.82 Å². The van der Waals surface area contributed by atoms with E-state index in [1.165, 1.54) is 13.2 Å². The topological polar surface area (TPSA) is 83.1 Å². The summed E-state index contributed by atoms with van der Waals surface area (Å²) in [5.74, 6) is 0.936. The van der Waals surface area contributed by atoms with E-state index in [0.717, 1.165) is 24.9 Å². The average Bonchev–Trinajstić information content (AvgIpc) is 3.37. The van der Waals surface area contributed by atoms with Gasteiger partial charge in [-0.05, 0) is 36.6 Å². The summed E-state index contributed by atoms with van der Waals surface area (Å²) in [5, 5.41) is 9.92. The average molecular weight is 381 g/mol. The third-order valence-corrected chi connectivity index (χ3v) is 4.76. The lowest BCUT2D eigenvalue weighted by Gasteiger charge is -2.24. The summed E-state index contributed by atoms with van der Waals surface area (Å²) in [6.07, 6.45) is 1.91. The first-order valence-electron chi connectivity index (χ1n) is 9.04. The van der Waals surface area contributed by atoms with E-state index in [9.17, 15) is 9.18 Å². The van der Waals surface area contributed by atoms with Crippen LogP contribution in [0.25, 0.3) is 0 Å². The summed E-state index contributed by atoms with van der Waals surface area (Å²) >= 11 is 0. The van der Waals surface area contributed by atoms with Crippen molar-refractivity contribution in [2.75, 3.05) is 23.9 Å². The quantitative estimate of drug-likeness (QED) is 0.706. The Kier molecular flexibility index (Phi) is 4.92. The molecule has 4 rings (SSSR count). The first-order valence-corrected chi connectivity index (χ1v) is 9.04. The van der Waals surface area contributed by atoms with Crippen molar-refractivity contribution >= 4 is 17.5 Å². The maximum absolute atomic E-state index is 13.6. The van der Waals surface area contributed by atoms with Gasteiger partial charge in [-0.25, -0.2) is 9.37 Å². The van der Waals surface area contributed by atoms with Gasteiger partial charge in [0.1, 0.15) is 17.3 Å². The number of nitrogens with one attached hydrogen (secondary N) is 2. The number of anilines is 2. The molecule has 1 aliphatic heterocycles. The van der Waals surface area contributed by atoms with Gasteiger partial charge in [0.25, 0.3) is 5.91 Å². The minimum atomic E-state index is -0.364. The number of pyridine rings is 1. The molecule has 1 saturated heterocycles. The van der Waals surface area contributed by atoms with Crippen LogP contribution >= 0.6 is 0 Å². The summed E-state index contributed by atoms with van der Waals surface area (Å²) in [5.41, 5.74) is 1.17. The predicted octanol–water partition coefficient (Wildman–Crippen LogP) is 3.55. The largest absolute Gasteiger partial charge is 0.481 e. The van der Waals surface area contributed by atoms with E-state index >= 15 is 0 Å². The molecule has 8 heteroatoms. The standard InChI is InChI=1S/C20H20FN5O2/c1-28-19-9-3-7-15(22-19)20(27)23-17-12-18(25-24-17)26-10-4-8-16(26)13-5-2-6-14(21)11-13/h2-3,5-7,9,11-12,16H,4,8,10H2,1H3,(H2,23,24,25,27)/t16-/m1/s1. The normalized spacial score (nSPS) is 16.2. The molecule has 0 saturated carbocycles. The van der Waals surface area contributed by atoms with Gasteiger partial charge in [0.2, 0.25) is 5.88 Å². The minimum Gasteiger partial charge on any atom is -0.481 e. The maximum Gasteiger partial charge on any atom is 0.275 e. The van der Waals surface area contributed by atoms with Crippen molar-refractivity contribution in [2.24, 2.45) is 0 Å². The highest BCUT2D eigenvalue weighted by Crippen LogP contribution is 2.36. The van der Waals surface area contributed by atoms with E-state index in [1.807, 2.05) is 6.07 Å². The molecule has 1 aromatic carbocycles. The number of rotatable bonds is 5. The highest BCUT2D eigenvalue weighted by molar-refractivity contribution is 6.02. The molecule has 0 unspecified atom stereocenters. The van der Waals surface area contributed by atoms with E-state index < -0.39 is 0 Å². The van der Waals surface area contributed by atoms with Gasteiger partial charge < -0.3 is 15.0 Å². The molecule has 1 fully saturated rings. The van der Waals surface area contributed by atoms with Crippen molar-refractivity contribution in [3.8, 4) is 5.88 Å². The van der Waals surface area contributed by atoms with Gasteiger partial charge in [0.15, 0.2) is 5.82 Å². The van der Waals surface area contributed by atoms with Crippen LogP contribution in [0.3, 0.4) is 0 Å². The van der Waals surface area contributed by atoms with Crippen molar-refractivity contribution in [2.45, 2.75) is 18.9 Å². The number of halogens is 1. The predicted molar refractivity (Wildman–Crippen MR) is 103 cm³/mol. The van der Waals surface area contributed by atoms with Crippen molar-refractivity contribution in [3.05, 3.63) is 65.6 Å². The van der Waals surface area contributed by atoms with Gasteiger partial charge in [-0.2, -0.15) is 5.10 Å². The lowest BCUT2D eigenvalue weighted by molar-refractivity contribution is 0.102. The molecule has 1 atom stereocenters. The van der Waals surface area contributed by atoms with Gasteiger partial charge in [-0.3, -0.25) is 9.89 Å². The van der Waals surface area contributed by atoms with E-state index in [1.54, 1.807) is 36.4 Å². The summed E-state index contributed by atoms with van der Waals surface area (Å²) in [4.78, 5) is 18.6. The Bertz CT molecular complexity index is 990. The number of H-pyrrole nitrogens is 1. The van der Waals surface area contributed by atoms with Crippen LogP contribution in [0.4, 0.5) is 16.0 Å². The second-order valence-electron chi connectivity index (χ2n) is 6.57. The molecule has 1 aliphatic rings. The van der Waals surface area contributed by atoms with Gasteiger partial charge in [-0.15, -0.1) is 0 Å². The molecule has 0 spiro atoms. The highest BCUT2D eigenvalue weighted by Gasteiger charge is 2.28. The molecule has 3 aromatic rings. The Morgan fingerprint density at radius 1 is 1.29 bits per heavy atom. The van der Waals surface area contributed by atoms with Gasteiger partial charge in [0.05, 0.1) is 13.2 Å². The smallest absolute Gasteiger partial charge is 0.275 e. The number of methoxy groups -OCH3 is 1. The molecule has 2 N–H and O–H groups in total. The van der Waals surface area contributed by atoms with Crippen LogP contribution < -0.4 is 15.0 Å². The number of carbonyl (C=O) groups is 1. The van der Waals surface area contributed by atoms with Crippen molar-refractivity contribution in [1.29, 1.82) is 0 Å². The Labute approximate surface area is 161 Å². The number of aromatic amines is 1. The zero-order valence-corrected chi connectivity index (χ0v) is 15.4. The van der Waals surface area contributed by atoms with Crippen LogP contribution in [-0.2, 0) is 0 Å². The third-order valence-electron chi connectivity index (χ3n) is 4.76. The second kappa shape index (κ2) is 7.67. The van der Waals surface area contributed by atoms with Crippen LogP contribution in [0.2, 0.25) is 0 Å². The summed E-state index contributed by atoms with van der Waals surface area (Å²) in [6, 6.07) is 13.5. The minimum absolute atomic E-state index is 0.0580. The van der Waals surface area contributed by atoms with Gasteiger partial charge in [-0.1, -0.05) is 18.2 Å². The highest BCUT2D eigenvalue weighted by atomic mass is 19.1. The number of carbonyl (C=O) groups excluding carboxylic acids is 1. The van der Waals surface area contributed by atoms with Crippen LogP contribution in [0.15, 0.2) is 48.5 Å². The zero-order chi connectivity index (χ0) is 19.5. The first-order chi connectivity index (χ1) is 13.6. The van der Waals surface area contributed by atoms with Crippen LogP contribution in [-0.4, -0.2) is 34.7 Å². The molecule has 2 aromatic heterocycles. The Morgan fingerprint density at radius 2 is 2.14 bits per heavy atom. The molecular weight excluding hydrogens is 361 g/mol. The Hall–Kier alpha value is -3.42. The molecule has 144 valence electrons. The number of benzene rings is 1. The molecule has 7 nitrogen and oxygen atoms in total. The summed E-state index contributed by atoms with van der Waals surface area (Å²) in [7, 11) is 1.50. The lowest BCUT2D eigenvalue weighted by atomic mass is 10.0. The summed E-state index contributed by atoms with van der Waals surface area (Å²) in [6.45, 7) is 0.816. The van der Waals surface area contributed by atoms with Crippen LogP contribution in [0.5, 0.6) is 5.88 Å². The van der Waals surface area contributed by atoms with Gasteiger partial charge >= 0.3 is 0 Å².